The predicted molar refractivity (Wildman–Crippen MR) is 141 cm³/mol. The number of benzene rings is 3. The molecule has 0 amide bonds. The summed E-state index contributed by atoms with van der Waals surface area (Å²) in [5, 5.41) is 9.74. The van der Waals surface area contributed by atoms with Gasteiger partial charge in [-0.3, -0.25) is 14.4 Å². The third kappa shape index (κ3) is 4.99. The zero-order valence-electron chi connectivity index (χ0n) is 20.9. The minimum absolute atomic E-state index is 0.0354. The van der Waals surface area contributed by atoms with E-state index in [1.165, 1.54) is 5.56 Å². The van der Waals surface area contributed by atoms with Crippen molar-refractivity contribution in [3.63, 3.8) is 0 Å². The Hall–Kier alpha value is -4.03. The second kappa shape index (κ2) is 9.55. The quantitative estimate of drug-likeness (QED) is 0.216. The molecule has 6 heteroatoms. The first kappa shape index (κ1) is 25.1. The Balaban J connectivity index is 1.81. The number of nitrogens with two attached hydrogens (primary N) is 1. The Labute approximate surface area is 210 Å². The van der Waals surface area contributed by atoms with Crippen molar-refractivity contribution in [1.82, 2.24) is 4.57 Å². The Morgan fingerprint density at radius 2 is 1.61 bits per heavy atom. The summed E-state index contributed by atoms with van der Waals surface area (Å²) in [6.45, 7) is 8.96. The summed E-state index contributed by atoms with van der Waals surface area (Å²) in [6, 6.07) is 20.2. The smallest absolute Gasteiger partial charge is 0.328 e. The number of nitrogens with zero attached hydrogens (tertiary/aromatic N) is 1. The van der Waals surface area contributed by atoms with E-state index in [1.807, 2.05) is 54.0 Å². The van der Waals surface area contributed by atoms with Crippen molar-refractivity contribution in [2.75, 3.05) is 0 Å². The summed E-state index contributed by atoms with van der Waals surface area (Å²) in [7, 11) is 0. The van der Waals surface area contributed by atoms with Gasteiger partial charge >= 0.3 is 5.97 Å². The number of hydrogen-bond donors (Lipinski definition) is 2. The molecule has 0 fully saturated rings. The highest BCUT2D eigenvalue weighted by Gasteiger charge is 2.30. The van der Waals surface area contributed by atoms with E-state index in [0.717, 1.165) is 27.8 Å². The maximum absolute atomic E-state index is 13.1. The van der Waals surface area contributed by atoms with Gasteiger partial charge in [0.2, 0.25) is 11.6 Å². The van der Waals surface area contributed by atoms with Gasteiger partial charge in [0.15, 0.2) is 6.04 Å². The Kier molecular flexibility index (Phi) is 6.65. The number of carbonyl (C=O) groups excluding carboxylic acids is 2. The molecular weight excluding hydrogens is 452 g/mol. The van der Waals surface area contributed by atoms with Crippen molar-refractivity contribution >= 4 is 28.4 Å². The van der Waals surface area contributed by atoms with Gasteiger partial charge in [0.05, 0.1) is 5.56 Å². The Morgan fingerprint density at radius 1 is 0.944 bits per heavy atom. The number of hydrogen-bond acceptors (Lipinski definition) is 4. The molecular formula is C30H30N2O4. The Morgan fingerprint density at radius 3 is 2.22 bits per heavy atom. The van der Waals surface area contributed by atoms with E-state index in [0.29, 0.717) is 11.9 Å². The SMILES string of the molecule is Cc1cccc(-c2ccc3c(c2)c(C(=O)C(=O)C(N)C(=O)O)cn3Cc2ccc(C(C)(C)C)cc2)c1. The number of ketones is 2. The highest BCUT2D eigenvalue weighted by molar-refractivity contribution is 6.49. The first-order valence-corrected chi connectivity index (χ1v) is 11.8. The van der Waals surface area contributed by atoms with Gasteiger partial charge < -0.3 is 15.4 Å². The lowest BCUT2D eigenvalue weighted by Gasteiger charge is -2.19. The molecule has 0 bridgehead atoms. The van der Waals surface area contributed by atoms with Gasteiger partial charge in [-0.15, -0.1) is 0 Å². The van der Waals surface area contributed by atoms with Crippen LogP contribution in [0.1, 0.15) is 47.8 Å². The fraction of sp³-hybridized carbons (Fsp3) is 0.233. The average molecular weight is 483 g/mol. The molecule has 1 atom stereocenters. The third-order valence-electron chi connectivity index (χ3n) is 6.42. The summed E-state index contributed by atoms with van der Waals surface area (Å²) in [5.74, 6) is -3.58. The van der Waals surface area contributed by atoms with E-state index in [2.05, 4.69) is 45.0 Å². The number of carboxylic acid groups (broad SMARTS) is 1. The zero-order chi connectivity index (χ0) is 26.2. The van der Waals surface area contributed by atoms with E-state index in [1.54, 1.807) is 6.20 Å². The van der Waals surface area contributed by atoms with Crippen molar-refractivity contribution in [2.24, 2.45) is 5.73 Å². The first-order valence-electron chi connectivity index (χ1n) is 11.8. The third-order valence-corrected chi connectivity index (χ3v) is 6.42. The highest BCUT2D eigenvalue weighted by Crippen LogP contribution is 2.30. The van der Waals surface area contributed by atoms with Gasteiger partial charge in [-0.2, -0.15) is 0 Å². The lowest BCUT2D eigenvalue weighted by molar-refractivity contribution is -0.141. The molecule has 4 aromatic rings. The predicted octanol–water partition coefficient (Wildman–Crippen LogP) is 5.13. The zero-order valence-corrected chi connectivity index (χ0v) is 20.9. The summed E-state index contributed by atoms with van der Waals surface area (Å²) in [5.41, 5.74) is 11.7. The van der Waals surface area contributed by atoms with Crippen molar-refractivity contribution in [3.05, 3.63) is 95.2 Å². The van der Waals surface area contributed by atoms with Crippen molar-refractivity contribution in [2.45, 2.75) is 45.7 Å². The van der Waals surface area contributed by atoms with E-state index >= 15 is 0 Å². The molecule has 1 heterocycles. The fourth-order valence-electron chi connectivity index (χ4n) is 4.31. The van der Waals surface area contributed by atoms with Crippen LogP contribution in [0, 0.1) is 6.92 Å². The maximum Gasteiger partial charge on any atom is 0.328 e. The fourth-order valence-corrected chi connectivity index (χ4v) is 4.31. The average Bonchev–Trinajstić information content (AvgIpc) is 3.19. The minimum Gasteiger partial charge on any atom is -0.480 e. The number of rotatable bonds is 7. The number of aromatic nitrogens is 1. The maximum atomic E-state index is 13.1. The van der Waals surface area contributed by atoms with Crippen LogP contribution in [0.4, 0.5) is 0 Å². The van der Waals surface area contributed by atoms with Crippen molar-refractivity contribution < 1.29 is 19.5 Å². The molecule has 4 rings (SSSR count). The van der Waals surface area contributed by atoms with Crippen molar-refractivity contribution in [3.8, 4) is 11.1 Å². The molecule has 184 valence electrons. The first-order chi connectivity index (χ1) is 17.0. The van der Waals surface area contributed by atoms with Gasteiger partial charge in [0, 0.05) is 23.6 Å². The number of fused-ring (bicyclic) bond motifs is 1. The van der Waals surface area contributed by atoms with Crippen LogP contribution in [-0.2, 0) is 21.5 Å². The van der Waals surface area contributed by atoms with Crippen LogP contribution in [0.2, 0.25) is 0 Å². The normalized spacial score (nSPS) is 12.5. The minimum atomic E-state index is -1.90. The number of aryl methyl sites for hydroxylation is 1. The number of aliphatic carboxylic acids is 1. The molecule has 1 unspecified atom stereocenters. The van der Waals surface area contributed by atoms with Gasteiger partial charge in [-0.25, -0.2) is 0 Å². The van der Waals surface area contributed by atoms with Crippen LogP contribution < -0.4 is 5.73 Å². The van der Waals surface area contributed by atoms with Crippen LogP contribution in [0.3, 0.4) is 0 Å². The molecule has 0 spiro atoms. The molecule has 1 aromatic heterocycles. The molecule has 6 nitrogen and oxygen atoms in total. The highest BCUT2D eigenvalue weighted by atomic mass is 16.4. The van der Waals surface area contributed by atoms with Gasteiger partial charge in [-0.1, -0.05) is 80.9 Å². The van der Waals surface area contributed by atoms with E-state index < -0.39 is 23.6 Å². The largest absolute Gasteiger partial charge is 0.480 e. The molecule has 0 saturated carbocycles. The molecule has 0 saturated heterocycles. The monoisotopic (exact) mass is 482 g/mol. The molecule has 3 N–H and O–H groups in total. The van der Waals surface area contributed by atoms with Crippen LogP contribution in [0.15, 0.2) is 72.9 Å². The molecule has 3 aromatic carbocycles. The lowest BCUT2D eigenvalue weighted by Crippen LogP contribution is -2.42. The van der Waals surface area contributed by atoms with Crippen LogP contribution >= 0.6 is 0 Å². The van der Waals surface area contributed by atoms with E-state index in [9.17, 15) is 14.4 Å². The molecule has 0 radical (unpaired) electrons. The topological polar surface area (TPSA) is 102 Å². The lowest BCUT2D eigenvalue weighted by atomic mass is 9.87. The van der Waals surface area contributed by atoms with Crippen LogP contribution in [0.5, 0.6) is 0 Å². The molecule has 36 heavy (non-hydrogen) atoms. The number of carbonyl (C=O) groups is 3. The molecule has 0 aliphatic heterocycles. The standard InChI is InChI=1S/C30H30N2O4/c1-18-6-5-7-20(14-18)21-10-13-25-23(15-21)24(27(33)28(34)26(31)29(35)36)17-32(25)16-19-8-11-22(12-9-19)30(2,3)4/h5-15,17,26H,16,31H2,1-4H3,(H,35,36). The summed E-state index contributed by atoms with van der Waals surface area (Å²) >= 11 is 0. The van der Waals surface area contributed by atoms with Crippen LogP contribution in [0.25, 0.3) is 22.0 Å². The van der Waals surface area contributed by atoms with Crippen LogP contribution in [-0.4, -0.2) is 33.3 Å². The summed E-state index contributed by atoms with van der Waals surface area (Å²) in [4.78, 5) is 36.9. The van der Waals surface area contributed by atoms with Gasteiger partial charge in [-0.05, 0) is 46.7 Å². The van der Waals surface area contributed by atoms with Crippen molar-refractivity contribution in [1.29, 1.82) is 0 Å². The van der Waals surface area contributed by atoms with Gasteiger partial charge in [0.1, 0.15) is 0 Å². The molecule has 0 aliphatic carbocycles. The van der Waals surface area contributed by atoms with Gasteiger partial charge in [0.25, 0.3) is 0 Å². The second-order valence-electron chi connectivity index (χ2n) is 10.2. The summed E-state index contributed by atoms with van der Waals surface area (Å²) < 4.78 is 1.91. The van der Waals surface area contributed by atoms with E-state index in [4.69, 9.17) is 10.8 Å². The number of carboxylic acids is 1. The summed E-state index contributed by atoms with van der Waals surface area (Å²) in [6.07, 6.45) is 1.62. The van der Waals surface area contributed by atoms with E-state index in [-0.39, 0.29) is 11.0 Å². The molecule has 0 aliphatic rings. The Bertz CT molecular complexity index is 1470. The second-order valence-corrected chi connectivity index (χ2v) is 10.2. The number of Topliss-reactive ketones (excluding diaryl/α,β-unsaturated/α-hetero) is 2.